The van der Waals surface area contributed by atoms with Crippen molar-refractivity contribution < 1.29 is 9.90 Å². The summed E-state index contributed by atoms with van der Waals surface area (Å²) in [6.07, 6.45) is 6.97. The fourth-order valence-electron chi connectivity index (χ4n) is 3.13. The van der Waals surface area contributed by atoms with Crippen molar-refractivity contribution in [2.24, 2.45) is 5.73 Å². The Bertz CT molecular complexity index is 769. The Morgan fingerprint density at radius 3 is 2.72 bits per heavy atom. The van der Waals surface area contributed by atoms with Crippen molar-refractivity contribution in [3.05, 3.63) is 65.1 Å². The number of nitrogens with one attached hydrogen (secondary N) is 3. The minimum atomic E-state index is -0.816. The quantitative estimate of drug-likeness (QED) is 0.580. The van der Waals surface area contributed by atoms with Crippen molar-refractivity contribution in [3.63, 3.8) is 0 Å². The highest BCUT2D eigenvalue weighted by Crippen LogP contribution is 2.25. The van der Waals surface area contributed by atoms with Gasteiger partial charge in [0.15, 0.2) is 0 Å². The molecule has 0 radical (unpaired) electrons. The highest BCUT2D eigenvalue weighted by atomic mass is 16.3. The molecule has 0 saturated carbocycles. The molecule has 2 aliphatic rings. The topological polar surface area (TPSA) is 111 Å². The number of anilines is 1. The van der Waals surface area contributed by atoms with Crippen LogP contribution in [-0.4, -0.2) is 29.8 Å². The summed E-state index contributed by atoms with van der Waals surface area (Å²) in [5, 5.41) is 24.2. The molecule has 1 amide bonds. The van der Waals surface area contributed by atoms with E-state index in [4.69, 9.17) is 11.1 Å². The van der Waals surface area contributed by atoms with Crippen molar-refractivity contribution in [2.45, 2.75) is 18.8 Å². The van der Waals surface area contributed by atoms with E-state index in [0.717, 1.165) is 18.8 Å². The first kappa shape index (κ1) is 17.0. The molecule has 0 bridgehead atoms. The van der Waals surface area contributed by atoms with Gasteiger partial charge in [-0.2, -0.15) is 0 Å². The van der Waals surface area contributed by atoms with Gasteiger partial charge in [-0.15, -0.1) is 0 Å². The molecule has 6 heteroatoms. The normalized spacial score (nSPS) is 22.3. The maximum absolute atomic E-state index is 11.4. The first-order chi connectivity index (χ1) is 12.1. The highest BCUT2D eigenvalue weighted by molar-refractivity contribution is 6.28. The number of hydrogen-bond acceptors (Lipinski definition) is 5. The van der Waals surface area contributed by atoms with Gasteiger partial charge in [0.05, 0.1) is 5.71 Å². The third-order valence-corrected chi connectivity index (χ3v) is 4.54. The van der Waals surface area contributed by atoms with E-state index < -0.39 is 5.91 Å². The number of carbonyl (C=O) groups excluding carboxylic acids is 1. The van der Waals surface area contributed by atoms with Crippen LogP contribution in [0.1, 0.15) is 24.3 Å². The summed E-state index contributed by atoms with van der Waals surface area (Å²) in [6.45, 7) is 2.12. The molecule has 1 aromatic rings. The molecular weight excluding hydrogens is 316 g/mol. The van der Waals surface area contributed by atoms with Crippen LogP contribution in [0, 0.1) is 5.41 Å². The molecule has 0 spiro atoms. The third kappa shape index (κ3) is 3.80. The standard InChI is InChI=1S/C19H22N4O2/c20-18-14(5-8-16(24)17(18)19(21)25)11-23-15-6-3-12(4-7-15)13-2-1-9-22-10-13/h3-8,11,13,20,22-24H,1-2,9-10H2,(H2,21,25)/b14-11-,20-18?/t13-/m1/s1. The molecule has 0 unspecified atom stereocenters. The summed E-state index contributed by atoms with van der Waals surface area (Å²) < 4.78 is 0. The SMILES string of the molecule is N=C1C(C(N)=O)=C(O)C=C/C1=C/Nc1ccc([C@@H]2CCCNC2)cc1. The molecule has 1 saturated heterocycles. The van der Waals surface area contributed by atoms with Crippen LogP contribution < -0.4 is 16.4 Å². The molecule has 1 atom stereocenters. The molecule has 3 rings (SSSR count). The maximum Gasteiger partial charge on any atom is 0.254 e. The number of aliphatic hydroxyl groups is 1. The van der Waals surface area contributed by atoms with Gasteiger partial charge in [-0.05, 0) is 55.2 Å². The summed E-state index contributed by atoms with van der Waals surface area (Å²) in [5.41, 5.74) is 7.64. The number of rotatable bonds is 4. The number of carbonyl (C=O) groups is 1. The lowest BCUT2D eigenvalue weighted by atomic mass is 9.91. The van der Waals surface area contributed by atoms with E-state index in [0.29, 0.717) is 11.5 Å². The Hall–Kier alpha value is -2.86. The number of aliphatic hydroxyl groups excluding tert-OH is 1. The third-order valence-electron chi connectivity index (χ3n) is 4.54. The largest absolute Gasteiger partial charge is 0.507 e. The summed E-state index contributed by atoms with van der Waals surface area (Å²) in [6, 6.07) is 8.22. The van der Waals surface area contributed by atoms with Crippen LogP contribution in [0.2, 0.25) is 0 Å². The van der Waals surface area contributed by atoms with Crippen molar-refractivity contribution in [2.75, 3.05) is 18.4 Å². The number of allylic oxidation sites excluding steroid dienone is 3. The second kappa shape index (κ2) is 7.36. The van der Waals surface area contributed by atoms with Gasteiger partial charge in [-0.25, -0.2) is 0 Å². The minimum absolute atomic E-state index is 0.0927. The van der Waals surface area contributed by atoms with Gasteiger partial charge in [0.25, 0.3) is 5.91 Å². The van der Waals surface area contributed by atoms with E-state index >= 15 is 0 Å². The van der Waals surface area contributed by atoms with Gasteiger partial charge in [0, 0.05) is 24.0 Å². The van der Waals surface area contributed by atoms with Crippen LogP contribution >= 0.6 is 0 Å². The number of piperidine rings is 1. The van der Waals surface area contributed by atoms with Gasteiger partial charge < -0.3 is 21.5 Å². The Balaban J connectivity index is 1.69. The van der Waals surface area contributed by atoms with Crippen molar-refractivity contribution in [1.29, 1.82) is 5.41 Å². The van der Waals surface area contributed by atoms with E-state index in [-0.39, 0.29) is 17.0 Å². The molecule has 1 heterocycles. The average molecular weight is 338 g/mol. The lowest BCUT2D eigenvalue weighted by molar-refractivity contribution is -0.114. The highest BCUT2D eigenvalue weighted by Gasteiger charge is 2.22. The fourth-order valence-corrected chi connectivity index (χ4v) is 3.13. The fraction of sp³-hybridized carbons (Fsp3) is 0.263. The lowest BCUT2D eigenvalue weighted by Crippen LogP contribution is -2.28. The van der Waals surface area contributed by atoms with Gasteiger partial charge in [-0.3, -0.25) is 10.2 Å². The molecule has 6 N–H and O–H groups in total. The van der Waals surface area contributed by atoms with Gasteiger partial charge in [-0.1, -0.05) is 12.1 Å². The van der Waals surface area contributed by atoms with Crippen LogP contribution in [0.4, 0.5) is 5.69 Å². The molecule has 1 aliphatic carbocycles. The predicted octanol–water partition coefficient (Wildman–Crippen LogP) is 2.34. The molecule has 1 aromatic carbocycles. The zero-order valence-corrected chi connectivity index (χ0v) is 13.9. The predicted molar refractivity (Wildman–Crippen MR) is 98.7 cm³/mol. The van der Waals surface area contributed by atoms with Crippen molar-refractivity contribution >= 4 is 17.3 Å². The number of amides is 1. The van der Waals surface area contributed by atoms with E-state index in [1.807, 2.05) is 12.1 Å². The first-order valence-corrected chi connectivity index (χ1v) is 8.34. The molecular formula is C19H22N4O2. The van der Waals surface area contributed by atoms with Gasteiger partial charge >= 0.3 is 0 Å². The first-order valence-electron chi connectivity index (χ1n) is 8.34. The van der Waals surface area contributed by atoms with E-state index in [2.05, 4.69) is 22.8 Å². The number of benzene rings is 1. The Morgan fingerprint density at radius 2 is 2.08 bits per heavy atom. The summed E-state index contributed by atoms with van der Waals surface area (Å²) in [4.78, 5) is 11.4. The zero-order valence-electron chi connectivity index (χ0n) is 13.9. The molecule has 6 nitrogen and oxygen atoms in total. The van der Waals surface area contributed by atoms with Crippen LogP contribution in [0.15, 0.2) is 59.5 Å². The van der Waals surface area contributed by atoms with E-state index in [1.165, 1.54) is 24.5 Å². The Kier molecular flexibility index (Phi) is 5.00. The molecule has 1 fully saturated rings. The number of primary amides is 1. The van der Waals surface area contributed by atoms with Crippen LogP contribution in [-0.2, 0) is 4.79 Å². The summed E-state index contributed by atoms with van der Waals surface area (Å²) in [7, 11) is 0. The Labute approximate surface area is 146 Å². The Morgan fingerprint density at radius 1 is 1.32 bits per heavy atom. The lowest BCUT2D eigenvalue weighted by Gasteiger charge is -2.23. The number of hydrogen-bond donors (Lipinski definition) is 5. The molecule has 1 aliphatic heterocycles. The second-order valence-electron chi connectivity index (χ2n) is 6.24. The van der Waals surface area contributed by atoms with Gasteiger partial charge in [0.1, 0.15) is 11.3 Å². The summed E-state index contributed by atoms with van der Waals surface area (Å²) >= 11 is 0. The molecule has 130 valence electrons. The molecule has 0 aromatic heterocycles. The summed E-state index contributed by atoms with van der Waals surface area (Å²) in [5.74, 6) is -0.537. The van der Waals surface area contributed by atoms with E-state index in [1.54, 1.807) is 12.3 Å². The second-order valence-corrected chi connectivity index (χ2v) is 6.24. The average Bonchev–Trinajstić information content (AvgIpc) is 2.62. The van der Waals surface area contributed by atoms with Crippen molar-refractivity contribution in [1.82, 2.24) is 5.32 Å². The van der Waals surface area contributed by atoms with Crippen LogP contribution in [0.25, 0.3) is 0 Å². The monoisotopic (exact) mass is 338 g/mol. The molecule has 25 heavy (non-hydrogen) atoms. The minimum Gasteiger partial charge on any atom is -0.507 e. The van der Waals surface area contributed by atoms with Crippen molar-refractivity contribution in [3.8, 4) is 0 Å². The van der Waals surface area contributed by atoms with Crippen LogP contribution in [0.5, 0.6) is 0 Å². The van der Waals surface area contributed by atoms with Crippen LogP contribution in [0.3, 0.4) is 0 Å². The smallest absolute Gasteiger partial charge is 0.254 e. The van der Waals surface area contributed by atoms with E-state index in [9.17, 15) is 9.90 Å². The number of nitrogens with two attached hydrogens (primary N) is 1. The maximum atomic E-state index is 11.4. The zero-order chi connectivity index (χ0) is 17.8. The van der Waals surface area contributed by atoms with Gasteiger partial charge in [0.2, 0.25) is 0 Å².